The predicted octanol–water partition coefficient (Wildman–Crippen LogP) is 0.0951. The summed E-state index contributed by atoms with van der Waals surface area (Å²) in [7, 11) is -4.14. The summed E-state index contributed by atoms with van der Waals surface area (Å²) >= 11 is 0. The standard InChI is InChI=1S/C11H13N3O3S/c15-18(16,17)8-4-7-14-10-13(9-12-14)11-5-2-1-3-6-11/h1-3,5-6,9-10H,4,7-8H2. The first-order valence-electron chi connectivity index (χ1n) is 5.47. The van der Waals surface area contributed by atoms with E-state index in [4.69, 9.17) is 0 Å². The van der Waals surface area contributed by atoms with Crippen molar-refractivity contribution in [3.8, 4) is 5.69 Å². The normalized spacial score (nSPS) is 11.6. The Kier molecular flexibility index (Phi) is 3.73. The number of benzene rings is 1. The molecule has 0 radical (unpaired) electrons. The van der Waals surface area contributed by atoms with Crippen LogP contribution in [-0.2, 0) is 16.7 Å². The Morgan fingerprint density at radius 1 is 1.28 bits per heavy atom. The van der Waals surface area contributed by atoms with Gasteiger partial charge in [-0.1, -0.05) is 18.2 Å². The average molecular weight is 267 g/mol. The van der Waals surface area contributed by atoms with Gasteiger partial charge < -0.3 is 4.55 Å². The van der Waals surface area contributed by atoms with Crippen LogP contribution in [0.3, 0.4) is 0 Å². The van der Waals surface area contributed by atoms with E-state index in [1.807, 2.05) is 34.9 Å². The van der Waals surface area contributed by atoms with Crippen molar-refractivity contribution in [3.63, 3.8) is 0 Å². The quantitative estimate of drug-likeness (QED) is 0.568. The van der Waals surface area contributed by atoms with Crippen LogP contribution in [0.2, 0.25) is 0 Å². The molecular formula is C11H13N3O3S. The molecule has 1 aromatic carbocycles. The largest absolute Gasteiger partial charge is 0.748 e. The van der Waals surface area contributed by atoms with Crippen molar-refractivity contribution < 1.29 is 17.5 Å². The molecule has 0 amide bonds. The van der Waals surface area contributed by atoms with E-state index in [1.165, 1.54) is 0 Å². The van der Waals surface area contributed by atoms with Crippen molar-refractivity contribution in [3.05, 3.63) is 43.0 Å². The van der Waals surface area contributed by atoms with Gasteiger partial charge in [0.05, 0.1) is 10.1 Å². The third-order valence-corrected chi connectivity index (χ3v) is 3.21. The SMILES string of the molecule is O=S(=O)([O-])CCCn1c[n+](-c2ccccc2)cn1. The van der Waals surface area contributed by atoms with Crippen LogP contribution >= 0.6 is 0 Å². The molecule has 0 bridgehead atoms. The maximum atomic E-state index is 10.5. The Bertz CT molecular complexity index is 607. The van der Waals surface area contributed by atoms with Gasteiger partial charge in [0.2, 0.25) is 6.33 Å². The minimum Gasteiger partial charge on any atom is -0.748 e. The second-order valence-electron chi connectivity index (χ2n) is 3.87. The fourth-order valence-corrected chi connectivity index (χ4v) is 2.06. The van der Waals surface area contributed by atoms with Gasteiger partial charge >= 0.3 is 0 Å². The smallest absolute Gasteiger partial charge is 0.270 e. The van der Waals surface area contributed by atoms with Crippen LogP contribution in [0.1, 0.15) is 6.42 Å². The van der Waals surface area contributed by atoms with E-state index in [2.05, 4.69) is 5.10 Å². The number of hydrogen-bond donors (Lipinski definition) is 0. The molecule has 0 aliphatic heterocycles. The molecule has 2 rings (SSSR count). The molecule has 0 saturated carbocycles. The minimum atomic E-state index is -4.14. The minimum absolute atomic E-state index is 0.266. The number of nitrogens with zero attached hydrogens (tertiary/aromatic N) is 3. The molecular weight excluding hydrogens is 254 g/mol. The van der Waals surface area contributed by atoms with Crippen molar-refractivity contribution in [2.75, 3.05) is 5.75 Å². The van der Waals surface area contributed by atoms with Gasteiger partial charge in [0.25, 0.3) is 6.33 Å². The number of aryl methyl sites for hydroxylation is 1. The molecule has 0 N–H and O–H groups in total. The Labute approximate surface area is 105 Å². The van der Waals surface area contributed by atoms with Crippen molar-refractivity contribution in [2.24, 2.45) is 0 Å². The maximum Gasteiger partial charge on any atom is 0.270 e. The number of aromatic nitrogens is 3. The lowest BCUT2D eigenvalue weighted by atomic mass is 10.3. The number of para-hydroxylation sites is 1. The van der Waals surface area contributed by atoms with E-state index >= 15 is 0 Å². The van der Waals surface area contributed by atoms with Crippen molar-refractivity contribution in [2.45, 2.75) is 13.0 Å². The molecule has 0 saturated heterocycles. The van der Waals surface area contributed by atoms with Crippen LogP contribution < -0.4 is 4.57 Å². The molecule has 1 heterocycles. The number of rotatable bonds is 5. The molecule has 18 heavy (non-hydrogen) atoms. The van der Waals surface area contributed by atoms with E-state index in [0.29, 0.717) is 6.54 Å². The lowest BCUT2D eigenvalue weighted by molar-refractivity contribution is -0.596. The fraction of sp³-hybridized carbons (Fsp3) is 0.273. The topological polar surface area (TPSA) is 78.9 Å². The maximum absolute atomic E-state index is 10.5. The molecule has 0 atom stereocenters. The van der Waals surface area contributed by atoms with Crippen LogP contribution in [0.15, 0.2) is 43.0 Å². The van der Waals surface area contributed by atoms with Gasteiger partial charge in [-0.3, -0.25) is 0 Å². The highest BCUT2D eigenvalue weighted by Crippen LogP contribution is 1.97. The average Bonchev–Trinajstić information content (AvgIpc) is 2.77. The third kappa shape index (κ3) is 3.64. The zero-order chi connectivity index (χ0) is 13.0. The van der Waals surface area contributed by atoms with Crippen molar-refractivity contribution in [1.29, 1.82) is 0 Å². The summed E-state index contributed by atoms with van der Waals surface area (Å²) < 4.78 is 34.8. The van der Waals surface area contributed by atoms with Crippen LogP contribution in [0, 0.1) is 0 Å². The summed E-state index contributed by atoms with van der Waals surface area (Å²) in [4.78, 5) is 0. The van der Waals surface area contributed by atoms with Crippen molar-refractivity contribution in [1.82, 2.24) is 9.78 Å². The Balaban J connectivity index is 1.99. The molecule has 96 valence electrons. The molecule has 0 spiro atoms. The van der Waals surface area contributed by atoms with Crippen LogP contribution in [0.5, 0.6) is 0 Å². The summed E-state index contributed by atoms with van der Waals surface area (Å²) in [6, 6.07) is 9.64. The molecule has 6 nitrogen and oxygen atoms in total. The predicted molar refractivity (Wildman–Crippen MR) is 62.9 cm³/mol. The van der Waals surface area contributed by atoms with Gasteiger partial charge in [0.15, 0.2) is 0 Å². The van der Waals surface area contributed by atoms with Crippen LogP contribution in [-0.4, -0.2) is 28.5 Å². The highest BCUT2D eigenvalue weighted by molar-refractivity contribution is 7.85. The molecule has 0 aliphatic carbocycles. The molecule has 7 heteroatoms. The van der Waals surface area contributed by atoms with Gasteiger partial charge in [-0.25, -0.2) is 13.0 Å². The molecule has 0 aliphatic rings. The first kappa shape index (κ1) is 12.7. The highest BCUT2D eigenvalue weighted by atomic mass is 32.2. The summed E-state index contributed by atoms with van der Waals surface area (Å²) in [5.74, 6) is -0.363. The zero-order valence-corrected chi connectivity index (χ0v) is 10.5. The lowest BCUT2D eigenvalue weighted by Gasteiger charge is -2.03. The van der Waals surface area contributed by atoms with Gasteiger partial charge in [0.1, 0.15) is 12.2 Å². The van der Waals surface area contributed by atoms with E-state index in [0.717, 1.165) is 5.69 Å². The van der Waals surface area contributed by atoms with E-state index < -0.39 is 10.1 Å². The molecule has 0 fully saturated rings. The summed E-state index contributed by atoms with van der Waals surface area (Å²) in [6.07, 6.45) is 3.66. The second-order valence-corrected chi connectivity index (χ2v) is 5.39. The van der Waals surface area contributed by atoms with E-state index in [1.54, 1.807) is 17.3 Å². The summed E-state index contributed by atoms with van der Waals surface area (Å²) in [6.45, 7) is 0.404. The first-order chi connectivity index (χ1) is 8.54. The zero-order valence-electron chi connectivity index (χ0n) is 9.64. The Morgan fingerprint density at radius 2 is 2.00 bits per heavy atom. The van der Waals surface area contributed by atoms with E-state index in [-0.39, 0.29) is 12.2 Å². The van der Waals surface area contributed by atoms with Gasteiger partial charge in [0, 0.05) is 10.9 Å². The molecule has 1 aromatic heterocycles. The first-order valence-corrected chi connectivity index (χ1v) is 7.05. The highest BCUT2D eigenvalue weighted by Gasteiger charge is 2.07. The second kappa shape index (κ2) is 5.28. The van der Waals surface area contributed by atoms with Gasteiger partial charge in [-0.15, -0.1) is 4.68 Å². The molecule has 0 unspecified atom stereocenters. The Hall–Kier alpha value is -1.73. The Morgan fingerprint density at radius 3 is 2.67 bits per heavy atom. The monoisotopic (exact) mass is 267 g/mol. The summed E-state index contributed by atoms with van der Waals surface area (Å²) in [5, 5.41) is 4.09. The third-order valence-electron chi connectivity index (χ3n) is 2.42. The number of hydrogen-bond acceptors (Lipinski definition) is 4. The van der Waals surface area contributed by atoms with Crippen molar-refractivity contribution >= 4 is 10.1 Å². The van der Waals surface area contributed by atoms with Gasteiger partial charge in [-0.05, 0) is 18.6 Å². The lowest BCUT2D eigenvalue weighted by Crippen LogP contribution is -2.27. The van der Waals surface area contributed by atoms with Crippen LogP contribution in [0.25, 0.3) is 5.69 Å². The molecule has 2 aromatic rings. The fourth-order valence-electron chi connectivity index (χ4n) is 1.58. The van der Waals surface area contributed by atoms with Crippen LogP contribution in [0.4, 0.5) is 0 Å². The van der Waals surface area contributed by atoms with E-state index in [9.17, 15) is 13.0 Å². The van der Waals surface area contributed by atoms with Gasteiger partial charge in [-0.2, -0.15) is 0 Å². The summed E-state index contributed by atoms with van der Waals surface area (Å²) in [5.41, 5.74) is 0.972.